The van der Waals surface area contributed by atoms with Crippen molar-refractivity contribution in [1.82, 2.24) is 4.98 Å². The first kappa shape index (κ1) is 13.0. The van der Waals surface area contributed by atoms with Crippen LogP contribution in [0.3, 0.4) is 0 Å². The van der Waals surface area contributed by atoms with Crippen LogP contribution in [0.5, 0.6) is 0 Å². The van der Waals surface area contributed by atoms with Gasteiger partial charge in [0.15, 0.2) is 0 Å². The molecule has 0 amide bonds. The molecule has 84 valence electrons. The molecule has 0 fully saturated rings. The second-order valence-corrected chi connectivity index (χ2v) is 6.16. The minimum atomic E-state index is 0.240. The van der Waals surface area contributed by atoms with E-state index in [-0.39, 0.29) is 5.41 Å². The lowest BCUT2D eigenvalue weighted by Crippen LogP contribution is -2.24. The standard InChI is InChI=1S/C12H17BrClN/c1-12(2,3)10(6-14)4-9-5-11(13)8-15-7-9/h5,7-8,10H,4,6H2,1-3H3. The van der Waals surface area contributed by atoms with Gasteiger partial charge in [-0.05, 0) is 45.3 Å². The van der Waals surface area contributed by atoms with Gasteiger partial charge in [-0.25, -0.2) is 0 Å². The van der Waals surface area contributed by atoms with Crippen molar-refractivity contribution in [3.8, 4) is 0 Å². The van der Waals surface area contributed by atoms with Gasteiger partial charge in [-0.3, -0.25) is 4.98 Å². The zero-order valence-corrected chi connectivity index (χ0v) is 11.8. The first-order valence-corrected chi connectivity index (χ1v) is 6.41. The molecule has 1 heterocycles. The van der Waals surface area contributed by atoms with Crippen molar-refractivity contribution in [3.63, 3.8) is 0 Å². The maximum atomic E-state index is 6.01. The minimum absolute atomic E-state index is 0.240. The highest BCUT2D eigenvalue weighted by Crippen LogP contribution is 2.30. The van der Waals surface area contributed by atoms with E-state index in [1.807, 2.05) is 6.20 Å². The number of hydrogen-bond donors (Lipinski definition) is 0. The maximum absolute atomic E-state index is 6.01. The summed E-state index contributed by atoms with van der Waals surface area (Å²) in [4.78, 5) is 4.16. The van der Waals surface area contributed by atoms with Crippen LogP contribution in [-0.4, -0.2) is 10.9 Å². The van der Waals surface area contributed by atoms with Crippen LogP contribution in [-0.2, 0) is 6.42 Å². The molecule has 1 aromatic heterocycles. The van der Waals surface area contributed by atoms with E-state index in [0.717, 1.165) is 10.9 Å². The Balaban J connectivity index is 2.76. The molecular weight excluding hydrogens is 273 g/mol. The summed E-state index contributed by atoms with van der Waals surface area (Å²) in [6, 6.07) is 2.11. The molecular formula is C12H17BrClN. The third-order valence-corrected chi connectivity index (χ3v) is 3.46. The Morgan fingerprint density at radius 3 is 2.53 bits per heavy atom. The Hall–Kier alpha value is -0.0800. The molecule has 1 nitrogen and oxygen atoms in total. The van der Waals surface area contributed by atoms with E-state index >= 15 is 0 Å². The molecule has 0 spiro atoms. The number of rotatable bonds is 3. The van der Waals surface area contributed by atoms with Crippen LogP contribution in [0.4, 0.5) is 0 Å². The number of hydrogen-bond acceptors (Lipinski definition) is 1. The van der Waals surface area contributed by atoms with Crippen molar-refractivity contribution >= 4 is 27.5 Å². The lowest BCUT2D eigenvalue weighted by molar-refractivity contribution is 0.263. The normalized spacial score (nSPS) is 13.9. The van der Waals surface area contributed by atoms with E-state index in [4.69, 9.17) is 11.6 Å². The molecule has 0 saturated carbocycles. The van der Waals surface area contributed by atoms with Crippen LogP contribution < -0.4 is 0 Å². The highest BCUT2D eigenvalue weighted by atomic mass is 79.9. The predicted molar refractivity (Wildman–Crippen MR) is 69.3 cm³/mol. The van der Waals surface area contributed by atoms with Gasteiger partial charge in [0, 0.05) is 22.7 Å². The zero-order valence-electron chi connectivity index (χ0n) is 9.43. The van der Waals surface area contributed by atoms with Gasteiger partial charge in [0.2, 0.25) is 0 Å². The van der Waals surface area contributed by atoms with E-state index in [1.54, 1.807) is 6.20 Å². The second kappa shape index (κ2) is 5.31. The Labute approximate surface area is 105 Å². The second-order valence-electron chi connectivity index (χ2n) is 4.93. The van der Waals surface area contributed by atoms with Gasteiger partial charge in [-0.2, -0.15) is 0 Å². The lowest BCUT2D eigenvalue weighted by Gasteiger charge is -2.29. The van der Waals surface area contributed by atoms with Crippen molar-refractivity contribution in [1.29, 1.82) is 0 Å². The average molecular weight is 291 g/mol. The monoisotopic (exact) mass is 289 g/mol. The smallest absolute Gasteiger partial charge is 0.0410 e. The molecule has 15 heavy (non-hydrogen) atoms. The van der Waals surface area contributed by atoms with Gasteiger partial charge >= 0.3 is 0 Å². The molecule has 0 bridgehead atoms. The van der Waals surface area contributed by atoms with Crippen LogP contribution in [0.1, 0.15) is 26.3 Å². The SMILES string of the molecule is CC(C)(C)C(CCl)Cc1cncc(Br)c1. The van der Waals surface area contributed by atoms with Crippen LogP contribution >= 0.6 is 27.5 Å². The zero-order chi connectivity index (χ0) is 11.5. The van der Waals surface area contributed by atoms with E-state index in [9.17, 15) is 0 Å². The number of aromatic nitrogens is 1. The van der Waals surface area contributed by atoms with Crippen molar-refractivity contribution in [3.05, 3.63) is 28.5 Å². The van der Waals surface area contributed by atoms with E-state index in [2.05, 4.69) is 47.8 Å². The molecule has 3 heteroatoms. The molecule has 1 aromatic rings. The van der Waals surface area contributed by atoms with Crippen LogP contribution in [0.15, 0.2) is 22.9 Å². The molecule has 0 radical (unpaired) electrons. The van der Waals surface area contributed by atoms with Gasteiger partial charge in [0.05, 0.1) is 0 Å². The molecule has 1 rings (SSSR count). The van der Waals surface area contributed by atoms with E-state index in [0.29, 0.717) is 11.8 Å². The summed E-state index contributed by atoms with van der Waals surface area (Å²) in [6.45, 7) is 6.68. The molecule has 0 aromatic carbocycles. The predicted octanol–water partition coefficient (Wildman–Crippen LogP) is 4.29. The number of nitrogens with zero attached hydrogens (tertiary/aromatic N) is 1. The average Bonchev–Trinajstić information content (AvgIpc) is 2.12. The Kier molecular flexibility index (Phi) is 4.60. The summed E-state index contributed by atoms with van der Waals surface area (Å²) >= 11 is 9.44. The summed E-state index contributed by atoms with van der Waals surface area (Å²) in [6.07, 6.45) is 4.70. The van der Waals surface area contributed by atoms with Gasteiger partial charge in [0.1, 0.15) is 0 Å². The third-order valence-electron chi connectivity index (χ3n) is 2.65. The lowest BCUT2D eigenvalue weighted by atomic mass is 9.79. The quantitative estimate of drug-likeness (QED) is 0.757. The van der Waals surface area contributed by atoms with Crippen molar-refractivity contribution in [2.75, 3.05) is 5.88 Å². The number of alkyl halides is 1. The molecule has 0 aliphatic heterocycles. The summed E-state index contributed by atoms with van der Waals surface area (Å²) in [7, 11) is 0. The summed E-state index contributed by atoms with van der Waals surface area (Å²) in [5.41, 5.74) is 1.48. The molecule has 0 aliphatic carbocycles. The first-order chi connectivity index (χ1) is 6.93. The van der Waals surface area contributed by atoms with Gasteiger partial charge in [0.25, 0.3) is 0 Å². The van der Waals surface area contributed by atoms with E-state index in [1.165, 1.54) is 5.56 Å². The largest absolute Gasteiger partial charge is 0.263 e. The summed E-state index contributed by atoms with van der Waals surface area (Å²) in [5.74, 6) is 1.17. The molecule has 1 atom stereocenters. The first-order valence-electron chi connectivity index (χ1n) is 5.09. The highest BCUT2D eigenvalue weighted by Gasteiger charge is 2.23. The van der Waals surface area contributed by atoms with Gasteiger partial charge in [-0.1, -0.05) is 20.8 Å². The van der Waals surface area contributed by atoms with Crippen molar-refractivity contribution in [2.24, 2.45) is 11.3 Å². The van der Waals surface area contributed by atoms with Crippen molar-refractivity contribution in [2.45, 2.75) is 27.2 Å². The molecule has 1 unspecified atom stereocenters. The Morgan fingerprint density at radius 2 is 2.07 bits per heavy atom. The molecule has 0 N–H and O–H groups in total. The number of halogens is 2. The fourth-order valence-corrected chi connectivity index (χ4v) is 2.43. The molecule has 0 saturated heterocycles. The summed E-state index contributed by atoms with van der Waals surface area (Å²) < 4.78 is 1.03. The van der Waals surface area contributed by atoms with E-state index < -0.39 is 0 Å². The number of pyridine rings is 1. The fourth-order valence-electron chi connectivity index (χ4n) is 1.44. The highest BCUT2D eigenvalue weighted by molar-refractivity contribution is 9.10. The topological polar surface area (TPSA) is 12.9 Å². The maximum Gasteiger partial charge on any atom is 0.0410 e. The molecule has 0 aliphatic rings. The van der Waals surface area contributed by atoms with Gasteiger partial charge in [-0.15, -0.1) is 11.6 Å². The fraction of sp³-hybridized carbons (Fsp3) is 0.583. The Morgan fingerprint density at radius 1 is 1.40 bits per heavy atom. The van der Waals surface area contributed by atoms with Crippen LogP contribution in [0.2, 0.25) is 0 Å². The summed E-state index contributed by atoms with van der Waals surface area (Å²) in [5, 5.41) is 0. The van der Waals surface area contributed by atoms with Crippen LogP contribution in [0, 0.1) is 11.3 Å². The Bertz CT molecular complexity index is 320. The van der Waals surface area contributed by atoms with Crippen LogP contribution in [0.25, 0.3) is 0 Å². The van der Waals surface area contributed by atoms with Crippen molar-refractivity contribution < 1.29 is 0 Å². The third kappa shape index (κ3) is 4.12. The van der Waals surface area contributed by atoms with Gasteiger partial charge < -0.3 is 0 Å². The minimum Gasteiger partial charge on any atom is -0.263 e.